The number of amides is 2. The Morgan fingerprint density at radius 3 is 2.35 bits per heavy atom. The number of rotatable bonds is 7. The van der Waals surface area contributed by atoms with E-state index in [1.54, 1.807) is 18.1 Å². The van der Waals surface area contributed by atoms with Crippen LogP contribution in [-0.2, 0) is 0 Å². The smallest absolute Gasteiger partial charge is 0.260 e. The molecule has 1 aliphatic carbocycles. The summed E-state index contributed by atoms with van der Waals surface area (Å²) in [6.45, 7) is 9.90. The number of carbonyl (C=O) groups is 2. The van der Waals surface area contributed by atoms with Gasteiger partial charge in [-0.05, 0) is 76.9 Å². The molecule has 2 saturated heterocycles. The van der Waals surface area contributed by atoms with Gasteiger partial charge in [-0.2, -0.15) is 4.98 Å². The van der Waals surface area contributed by atoms with Crippen LogP contribution < -0.4 is 19.9 Å². The summed E-state index contributed by atoms with van der Waals surface area (Å²) in [6.07, 6.45) is 8.00. The Morgan fingerprint density at radius 2 is 1.62 bits per heavy atom. The Labute approximate surface area is 283 Å². The molecule has 3 fully saturated rings. The molecular formula is C37H48N8O3. The van der Waals surface area contributed by atoms with Gasteiger partial charge in [-0.1, -0.05) is 25.0 Å². The quantitative estimate of drug-likeness (QED) is 0.354. The third-order valence-electron chi connectivity index (χ3n) is 10.4. The van der Waals surface area contributed by atoms with E-state index in [4.69, 9.17) is 9.72 Å². The molecule has 2 aromatic carbocycles. The number of nitrogens with zero attached hydrogens (tertiary/aromatic N) is 7. The third-order valence-corrected chi connectivity index (χ3v) is 10.4. The average molecular weight is 653 g/mol. The standard InChI is InChI=1S/C37H48N8O3/c1-25(2)48-33-23-26(35(46)44-17-15-27(16-18-44)43-21-19-41(3)20-22-43)13-14-30(33)39-37-38-24-32-34(40-37)45(28-9-5-6-10-28)31-12-8-7-11-29(31)36(47)42(32)4/h7-8,11-14,23-25,27-28H,5-6,9-10,15-22H2,1-4H3,(H,38,39,40). The number of piperazine rings is 1. The van der Waals surface area contributed by atoms with Crippen molar-refractivity contribution in [3.8, 4) is 5.75 Å². The maximum atomic E-state index is 13.7. The van der Waals surface area contributed by atoms with Gasteiger partial charge in [0.2, 0.25) is 5.95 Å². The fourth-order valence-corrected chi connectivity index (χ4v) is 7.68. The number of fused-ring (bicyclic) bond motifs is 2. The Kier molecular flexibility index (Phi) is 9.24. The van der Waals surface area contributed by atoms with E-state index in [1.807, 2.05) is 61.2 Å². The van der Waals surface area contributed by atoms with Gasteiger partial charge >= 0.3 is 0 Å². The first-order valence-corrected chi connectivity index (χ1v) is 17.6. The van der Waals surface area contributed by atoms with Gasteiger partial charge in [0.05, 0.1) is 29.2 Å². The number of nitrogens with one attached hydrogen (secondary N) is 1. The Morgan fingerprint density at radius 1 is 0.896 bits per heavy atom. The number of piperidine rings is 1. The minimum absolute atomic E-state index is 0.0341. The molecule has 1 N–H and O–H groups in total. The Balaban J connectivity index is 1.13. The molecule has 4 aliphatic rings. The van der Waals surface area contributed by atoms with Crippen LogP contribution in [0.25, 0.3) is 0 Å². The van der Waals surface area contributed by atoms with E-state index in [-0.39, 0.29) is 24.0 Å². The number of hydrogen-bond donors (Lipinski definition) is 1. The first-order valence-electron chi connectivity index (χ1n) is 17.6. The number of likely N-dealkylation sites (tertiary alicyclic amines) is 1. The second-order valence-corrected chi connectivity index (χ2v) is 14.0. The van der Waals surface area contributed by atoms with Crippen molar-refractivity contribution in [2.24, 2.45) is 0 Å². The zero-order valence-electron chi connectivity index (χ0n) is 28.7. The minimum Gasteiger partial charge on any atom is -0.489 e. The van der Waals surface area contributed by atoms with E-state index in [0.29, 0.717) is 46.1 Å². The highest BCUT2D eigenvalue weighted by molar-refractivity contribution is 6.13. The summed E-state index contributed by atoms with van der Waals surface area (Å²) in [4.78, 5) is 47.8. The number of carbonyl (C=O) groups excluding carboxylic acids is 2. The molecule has 0 spiro atoms. The number of para-hydroxylation sites is 1. The van der Waals surface area contributed by atoms with Crippen LogP contribution >= 0.6 is 0 Å². The summed E-state index contributed by atoms with van der Waals surface area (Å²) in [5.41, 5.74) is 3.51. The molecule has 0 radical (unpaired) electrons. The SMILES string of the molecule is CC(C)Oc1cc(C(=O)N2CCC(N3CCN(C)CC3)CC2)ccc1Nc1ncc2c(n1)N(C1CCCC1)c1ccccc1C(=O)N2C. The lowest BCUT2D eigenvalue weighted by Crippen LogP contribution is -2.52. The van der Waals surface area contributed by atoms with Crippen LogP contribution in [0.2, 0.25) is 0 Å². The van der Waals surface area contributed by atoms with Gasteiger partial charge in [0.15, 0.2) is 5.82 Å². The summed E-state index contributed by atoms with van der Waals surface area (Å²) in [5.74, 6) is 1.64. The molecule has 11 heteroatoms. The van der Waals surface area contributed by atoms with Gasteiger partial charge in [0.1, 0.15) is 11.4 Å². The molecule has 3 aliphatic heterocycles. The highest BCUT2D eigenvalue weighted by Crippen LogP contribution is 2.44. The summed E-state index contributed by atoms with van der Waals surface area (Å²) >= 11 is 0. The molecule has 11 nitrogen and oxygen atoms in total. The van der Waals surface area contributed by atoms with E-state index in [0.717, 1.165) is 83.5 Å². The van der Waals surface area contributed by atoms with Crippen LogP contribution in [0.15, 0.2) is 48.7 Å². The number of benzene rings is 2. The first kappa shape index (κ1) is 32.3. The maximum absolute atomic E-state index is 13.7. The lowest BCUT2D eigenvalue weighted by molar-refractivity contribution is 0.0518. The normalized spacial score (nSPS) is 19.8. The van der Waals surface area contributed by atoms with Gasteiger partial charge in [-0.3, -0.25) is 14.5 Å². The van der Waals surface area contributed by atoms with E-state index in [9.17, 15) is 9.59 Å². The average Bonchev–Trinajstić information content (AvgIpc) is 3.61. The molecule has 7 rings (SSSR count). The van der Waals surface area contributed by atoms with Crippen molar-refractivity contribution < 1.29 is 14.3 Å². The van der Waals surface area contributed by atoms with E-state index >= 15 is 0 Å². The van der Waals surface area contributed by atoms with Crippen LogP contribution in [0.3, 0.4) is 0 Å². The first-order chi connectivity index (χ1) is 23.3. The fraction of sp³-hybridized carbons (Fsp3) is 0.514. The third kappa shape index (κ3) is 6.45. The number of likely N-dealkylation sites (N-methyl/N-ethyl adjacent to an activating group) is 1. The number of aromatic nitrogens is 2. The van der Waals surface area contributed by atoms with Crippen LogP contribution in [0.1, 0.15) is 73.1 Å². The predicted molar refractivity (Wildman–Crippen MR) is 189 cm³/mol. The monoisotopic (exact) mass is 652 g/mol. The summed E-state index contributed by atoms with van der Waals surface area (Å²) in [7, 11) is 3.97. The number of ether oxygens (including phenoxy) is 1. The van der Waals surface area contributed by atoms with Gasteiger partial charge < -0.3 is 29.7 Å². The molecular weight excluding hydrogens is 604 g/mol. The Hall–Kier alpha value is -4.22. The molecule has 3 aromatic rings. The summed E-state index contributed by atoms with van der Waals surface area (Å²) in [6, 6.07) is 14.2. The molecule has 0 atom stereocenters. The van der Waals surface area contributed by atoms with Crippen molar-refractivity contribution in [3.63, 3.8) is 0 Å². The summed E-state index contributed by atoms with van der Waals surface area (Å²) < 4.78 is 6.25. The second kappa shape index (κ2) is 13.7. The van der Waals surface area contributed by atoms with Gasteiger partial charge in [-0.15, -0.1) is 0 Å². The van der Waals surface area contributed by atoms with Crippen LogP contribution in [0, 0.1) is 0 Å². The van der Waals surface area contributed by atoms with Crippen LogP contribution in [-0.4, -0.2) is 108 Å². The molecule has 1 saturated carbocycles. The van der Waals surface area contributed by atoms with Crippen molar-refractivity contribution in [1.82, 2.24) is 24.7 Å². The minimum atomic E-state index is -0.0998. The van der Waals surface area contributed by atoms with E-state index in [2.05, 4.69) is 32.0 Å². The predicted octanol–water partition coefficient (Wildman–Crippen LogP) is 5.53. The molecule has 0 bridgehead atoms. The van der Waals surface area contributed by atoms with Crippen molar-refractivity contribution >= 4 is 40.6 Å². The Bertz CT molecular complexity index is 1640. The lowest BCUT2D eigenvalue weighted by atomic mass is 10.0. The highest BCUT2D eigenvalue weighted by atomic mass is 16.5. The number of anilines is 5. The van der Waals surface area contributed by atoms with Crippen molar-refractivity contribution in [2.45, 2.75) is 70.6 Å². The molecule has 0 unspecified atom stereocenters. The molecule has 4 heterocycles. The number of hydrogen-bond acceptors (Lipinski definition) is 9. The second-order valence-electron chi connectivity index (χ2n) is 14.0. The zero-order valence-corrected chi connectivity index (χ0v) is 28.7. The largest absolute Gasteiger partial charge is 0.489 e. The lowest BCUT2D eigenvalue weighted by Gasteiger charge is -2.42. The van der Waals surface area contributed by atoms with E-state index in [1.165, 1.54) is 0 Å². The van der Waals surface area contributed by atoms with Gasteiger partial charge in [0, 0.05) is 64.0 Å². The van der Waals surface area contributed by atoms with Crippen LogP contribution in [0.4, 0.5) is 28.8 Å². The van der Waals surface area contributed by atoms with Gasteiger partial charge in [0.25, 0.3) is 11.8 Å². The molecule has 1 aromatic heterocycles. The van der Waals surface area contributed by atoms with Crippen molar-refractivity contribution in [2.75, 3.05) is 68.5 Å². The molecule has 48 heavy (non-hydrogen) atoms. The van der Waals surface area contributed by atoms with Crippen molar-refractivity contribution in [3.05, 3.63) is 59.8 Å². The zero-order chi connectivity index (χ0) is 33.4. The van der Waals surface area contributed by atoms with Crippen LogP contribution in [0.5, 0.6) is 5.75 Å². The maximum Gasteiger partial charge on any atom is 0.260 e. The molecule has 2 amide bonds. The fourth-order valence-electron chi connectivity index (χ4n) is 7.68. The van der Waals surface area contributed by atoms with Gasteiger partial charge in [-0.25, -0.2) is 4.98 Å². The molecule has 254 valence electrons. The summed E-state index contributed by atoms with van der Waals surface area (Å²) in [5, 5.41) is 3.39. The van der Waals surface area contributed by atoms with Crippen molar-refractivity contribution in [1.29, 1.82) is 0 Å². The van der Waals surface area contributed by atoms with E-state index < -0.39 is 0 Å². The highest BCUT2D eigenvalue weighted by Gasteiger charge is 2.36. The topological polar surface area (TPSA) is 97.4 Å².